The van der Waals surface area contributed by atoms with Crippen LogP contribution in [-0.2, 0) is 6.42 Å². The first-order valence-electron chi connectivity index (χ1n) is 18.3. The molecule has 43 heavy (non-hydrogen) atoms. The van der Waals surface area contributed by atoms with Gasteiger partial charge in [-0.05, 0) is 153 Å². The number of phenolic OH excluding ortho intramolecular Hbond substituents is 1. The molecule has 0 bridgehead atoms. The van der Waals surface area contributed by atoms with Gasteiger partial charge < -0.3 is 20.5 Å². The predicted octanol–water partition coefficient (Wildman–Crippen LogP) is 9.10. The standard InChI is InChI=1S/C39H62N2O2/c1-7-26(24(2)3)9-8-25(4)32-11-12-33-31-22-37(40-19-16-27-23-41-36-13-10-28(42)20-30(27)36)35-21-29(43)14-17-39(35,6)34(31)15-18-38(32,33)5/h10,13,20,23-26,29,31-35,37,40-43H,7-9,11-12,14-19,21-22H2,1-6H3/t25-,26?,29+,31+,32-,33+,34+,35-,37-,38-,39-/m1/s1. The summed E-state index contributed by atoms with van der Waals surface area (Å²) in [5.74, 6) is 6.78. The van der Waals surface area contributed by atoms with E-state index in [9.17, 15) is 10.2 Å². The van der Waals surface area contributed by atoms with E-state index in [0.29, 0.717) is 28.5 Å². The normalized spacial score (nSPS) is 38.9. The Morgan fingerprint density at radius 2 is 1.72 bits per heavy atom. The van der Waals surface area contributed by atoms with Crippen molar-refractivity contribution in [2.75, 3.05) is 6.54 Å². The van der Waals surface area contributed by atoms with Crippen LogP contribution < -0.4 is 5.32 Å². The first-order chi connectivity index (χ1) is 20.5. The third kappa shape index (κ3) is 5.71. The number of aromatic nitrogens is 1. The monoisotopic (exact) mass is 590 g/mol. The molecule has 1 unspecified atom stereocenters. The summed E-state index contributed by atoms with van der Waals surface area (Å²) >= 11 is 0. The number of fused-ring (bicyclic) bond motifs is 6. The first-order valence-corrected chi connectivity index (χ1v) is 18.3. The smallest absolute Gasteiger partial charge is 0.116 e. The number of aliphatic hydroxyl groups is 1. The van der Waals surface area contributed by atoms with Gasteiger partial charge in [0.05, 0.1) is 6.10 Å². The summed E-state index contributed by atoms with van der Waals surface area (Å²) in [5, 5.41) is 26.2. The molecule has 1 aromatic carbocycles. The van der Waals surface area contributed by atoms with E-state index < -0.39 is 0 Å². The summed E-state index contributed by atoms with van der Waals surface area (Å²) in [7, 11) is 0. The van der Waals surface area contributed by atoms with Gasteiger partial charge in [-0.1, -0.05) is 54.4 Å². The number of aliphatic hydroxyl groups excluding tert-OH is 1. The molecule has 4 heteroatoms. The number of hydrogen-bond acceptors (Lipinski definition) is 3. The van der Waals surface area contributed by atoms with Gasteiger partial charge in [-0.15, -0.1) is 0 Å². The Morgan fingerprint density at radius 1 is 0.953 bits per heavy atom. The Kier molecular flexibility index (Phi) is 9.04. The maximum atomic E-state index is 10.9. The average molecular weight is 591 g/mol. The molecule has 0 saturated heterocycles. The van der Waals surface area contributed by atoms with Crippen molar-refractivity contribution in [3.8, 4) is 5.75 Å². The van der Waals surface area contributed by atoms with Gasteiger partial charge in [0, 0.05) is 23.1 Å². The van der Waals surface area contributed by atoms with Crippen molar-refractivity contribution in [3.63, 3.8) is 0 Å². The number of aromatic amines is 1. The number of H-pyrrole nitrogens is 1. The minimum Gasteiger partial charge on any atom is -0.508 e. The third-order valence-corrected chi connectivity index (χ3v) is 14.5. The maximum absolute atomic E-state index is 10.9. The largest absolute Gasteiger partial charge is 0.508 e. The molecule has 240 valence electrons. The molecule has 1 heterocycles. The van der Waals surface area contributed by atoms with Crippen LogP contribution in [-0.4, -0.2) is 33.9 Å². The zero-order valence-electron chi connectivity index (χ0n) is 28.2. The van der Waals surface area contributed by atoms with Gasteiger partial charge in [0.15, 0.2) is 0 Å². The van der Waals surface area contributed by atoms with Gasteiger partial charge in [-0.3, -0.25) is 0 Å². The molecule has 0 spiro atoms. The fourth-order valence-electron chi connectivity index (χ4n) is 12.0. The van der Waals surface area contributed by atoms with Crippen molar-refractivity contribution in [1.29, 1.82) is 0 Å². The molecule has 4 N–H and O–H groups in total. The molecule has 0 radical (unpaired) electrons. The highest BCUT2D eigenvalue weighted by Gasteiger charge is 2.62. The molecule has 6 rings (SSSR count). The molecule has 0 amide bonds. The summed E-state index contributed by atoms with van der Waals surface area (Å²) in [6, 6.07) is 6.11. The highest BCUT2D eigenvalue weighted by molar-refractivity contribution is 5.84. The SMILES string of the molecule is CCC(CC[C@@H](C)[C@H]1CC[C@H]2[C@@H]3C[C@@H](NCCc4c[nH]c5ccc(O)cc45)[C@H]4C[C@@H](O)CC[C@]4(C)[C@H]3CC[C@]12C)C(C)C. The van der Waals surface area contributed by atoms with E-state index in [4.69, 9.17) is 0 Å². The first kappa shape index (κ1) is 31.5. The Balaban J connectivity index is 1.18. The van der Waals surface area contributed by atoms with E-state index in [1.165, 1.54) is 63.4 Å². The van der Waals surface area contributed by atoms with Crippen molar-refractivity contribution in [1.82, 2.24) is 10.3 Å². The topological polar surface area (TPSA) is 68.3 Å². The molecule has 4 fully saturated rings. The summed E-state index contributed by atoms with van der Waals surface area (Å²) in [4.78, 5) is 3.39. The molecule has 1 aromatic heterocycles. The maximum Gasteiger partial charge on any atom is 0.116 e. The Bertz CT molecular complexity index is 1240. The van der Waals surface area contributed by atoms with Crippen molar-refractivity contribution in [2.45, 2.75) is 131 Å². The highest BCUT2D eigenvalue weighted by Crippen LogP contribution is 2.68. The van der Waals surface area contributed by atoms with Crippen LogP contribution in [0.2, 0.25) is 0 Å². The van der Waals surface area contributed by atoms with Crippen LogP contribution in [0.15, 0.2) is 24.4 Å². The summed E-state index contributed by atoms with van der Waals surface area (Å²) in [6.07, 6.45) is 17.2. The van der Waals surface area contributed by atoms with E-state index in [1.54, 1.807) is 6.07 Å². The molecule has 4 nitrogen and oxygen atoms in total. The van der Waals surface area contributed by atoms with Crippen LogP contribution in [0.5, 0.6) is 5.75 Å². The van der Waals surface area contributed by atoms with Gasteiger partial charge >= 0.3 is 0 Å². The number of rotatable bonds is 10. The summed E-state index contributed by atoms with van der Waals surface area (Å²) in [5.41, 5.74) is 3.20. The lowest BCUT2D eigenvalue weighted by atomic mass is 9.43. The fraction of sp³-hybridized carbons (Fsp3) is 0.795. The molecule has 4 aliphatic rings. The third-order valence-electron chi connectivity index (χ3n) is 14.5. The average Bonchev–Trinajstić information content (AvgIpc) is 3.54. The lowest BCUT2D eigenvalue weighted by Gasteiger charge is -2.63. The van der Waals surface area contributed by atoms with E-state index in [1.807, 2.05) is 12.1 Å². The van der Waals surface area contributed by atoms with Crippen molar-refractivity contribution >= 4 is 10.9 Å². The molecule has 4 aliphatic carbocycles. The van der Waals surface area contributed by atoms with E-state index in [-0.39, 0.29) is 6.10 Å². The number of hydrogen-bond donors (Lipinski definition) is 4. The van der Waals surface area contributed by atoms with Crippen LogP contribution in [0.25, 0.3) is 10.9 Å². The van der Waals surface area contributed by atoms with Crippen LogP contribution in [0, 0.1) is 58.2 Å². The van der Waals surface area contributed by atoms with E-state index >= 15 is 0 Å². The highest BCUT2D eigenvalue weighted by atomic mass is 16.3. The van der Waals surface area contributed by atoms with Crippen LogP contribution >= 0.6 is 0 Å². The minimum absolute atomic E-state index is 0.140. The quantitative estimate of drug-likeness (QED) is 0.223. The minimum atomic E-state index is -0.140. The second kappa shape index (κ2) is 12.3. The number of phenols is 1. The van der Waals surface area contributed by atoms with Crippen molar-refractivity contribution in [2.24, 2.45) is 58.2 Å². The number of benzene rings is 1. The molecule has 2 aromatic rings. The van der Waals surface area contributed by atoms with Gasteiger partial charge in [0.1, 0.15) is 5.75 Å². The molecule has 0 aliphatic heterocycles. The van der Waals surface area contributed by atoms with Crippen molar-refractivity contribution < 1.29 is 10.2 Å². The zero-order valence-corrected chi connectivity index (χ0v) is 28.2. The van der Waals surface area contributed by atoms with Crippen LogP contribution in [0.4, 0.5) is 0 Å². The Labute approximate surface area is 262 Å². The van der Waals surface area contributed by atoms with Gasteiger partial charge in [-0.2, -0.15) is 0 Å². The van der Waals surface area contributed by atoms with E-state index in [2.05, 4.69) is 58.0 Å². The predicted molar refractivity (Wildman–Crippen MR) is 179 cm³/mol. The van der Waals surface area contributed by atoms with Gasteiger partial charge in [-0.25, -0.2) is 0 Å². The van der Waals surface area contributed by atoms with Crippen LogP contribution in [0.1, 0.15) is 118 Å². The van der Waals surface area contributed by atoms with Gasteiger partial charge in [0.25, 0.3) is 0 Å². The molecular formula is C39H62N2O2. The van der Waals surface area contributed by atoms with Crippen LogP contribution in [0.3, 0.4) is 0 Å². The molecule has 4 saturated carbocycles. The lowest BCUT2D eigenvalue weighted by Crippen LogP contribution is -2.61. The second-order valence-electron chi connectivity index (χ2n) is 16.7. The summed E-state index contributed by atoms with van der Waals surface area (Å²) in [6.45, 7) is 16.1. The second-order valence-corrected chi connectivity index (χ2v) is 16.7. The van der Waals surface area contributed by atoms with Gasteiger partial charge in [0.2, 0.25) is 0 Å². The Hall–Kier alpha value is -1.52. The zero-order chi connectivity index (χ0) is 30.5. The fourth-order valence-corrected chi connectivity index (χ4v) is 12.0. The number of aromatic hydroxyl groups is 1. The van der Waals surface area contributed by atoms with Crippen molar-refractivity contribution in [3.05, 3.63) is 30.0 Å². The summed E-state index contributed by atoms with van der Waals surface area (Å²) < 4.78 is 0. The number of nitrogens with one attached hydrogen (secondary N) is 2. The lowest BCUT2D eigenvalue weighted by molar-refractivity contribution is -0.141. The van der Waals surface area contributed by atoms with E-state index in [0.717, 1.165) is 78.1 Å². The molecule has 11 atom stereocenters. The Morgan fingerprint density at radius 3 is 2.49 bits per heavy atom. The molecular weight excluding hydrogens is 528 g/mol.